The number of fused-ring (bicyclic) bond motifs is 1. The molecule has 276 valence electrons. The van der Waals surface area contributed by atoms with E-state index >= 15 is 0 Å². The van der Waals surface area contributed by atoms with Crippen molar-refractivity contribution in [2.24, 2.45) is 5.92 Å². The molecule has 11 nitrogen and oxygen atoms in total. The second kappa shape index (κ2) is 17.4. The number of carbonyl (C=O) groups is 4. The fourth-order valence-corrected chi connectivity index (χ4v) is 6.40. The van der Waals surface area contributed by atoms with Crippen molar-refractivity contribution in [1.82, 2.24) is 10.2 Å². The van der Waals surface area contributed by atoms with Crippen LogP contribution in [0, 0.1) is 5.92 Å². The van der Waals surface area contributed by atoms with Gasteiger partial charge in [-0.3, -0.25) is 9.69 Å². The predicted molar refractivity (Wildman–Crippen MR) is 196 cm³/mol. The number of esters is 2. The molecule has 1 saturated heterocycles. The average Bonchev–Trinajstić information content (AvgIpc) is 3.53. The molecule has 51 heavy (non-hydrogen) atoms. The summed E-state index contributed by atoms with van der Waals surface area (Å²) in [6.45, 7) is 15.9. The number of nitrogens with zero attached hydrogens (tertiary/aromatic N) is 2. The van der Waals surface area contributed by atoms with Crippen molar-refractivity contribution in [3.8, 4) is 0 Å². The largest absolute Gasteiger partial charge is 0.466 e. The molecule has 0 spiro atoms. The number of nitrogens with one attached hydrogen (secondary N) is 1. The quantitative estimate of drug-likeness (QED) is 0.109. The van der Waals surface area contributed by atoms with E-state index < -0.39 is 36.1 Å². The molecule has 4 rings (SSSR count). The van der Waals surface area contributed by atoms with E-state index in [1.165, 1.54) is 6.92 Å². The highest BCUT2D eigenvalue weighted by atomic mass is 16.7. The Bertz CT molecular complexity index is 1650. The zero-order chi connectivity index (χ0) is 37.3. The Balaban J connectivity index is 1.53. The van der Waals surface area contributed by atoms with E-state index in [1.54, 1.807) is 32.6 Å². The van der Waals surface area contributed by atoms with Gasteiger partial charge in [0.1, 0.15) is 11.6 Å². The normalized spacial score (nSPS) is 16.3. The lowest BCUT2D eigenvalue weighted by atomic mass is 9.97. The lowest BCUT2D eigenvalue weighted by Gasteiger charge is -2.35. The highest BCUT2D eigenvalue weighted by Crippen LogP contribution is 2.34. The summed E-state index contributed by atoms with van der Waals surface area (Å²) in [6, 6.07) is 20.3. The van der Waals surface area contributed by atoms with E-state index in [0.29, 0.717) is 32.5 Å². The Labute approximate surface area is 301 Å². The molecular formula is C40H53N3O8. The minimum absolute atomic E-state index is 0.0615. The standard InChI is InChI=1S/C40H53N3O8/c1-9-48-36(44)24-29-17-19-31(20-18-29)42-22-21-32(25-42)43(27(4)33-16-12-14-30-13-10-11-15-34(30)33)39(47)50-28(5)49-37(45)35(23-26(2)3)41-38(46)51-40(6,7)8/h10-20,26-28,32,35H,9,21-25H2,1-8H3,(H,41,46)/t27-,28?,32+,35+/m1/s1. The molecular weight excluding hydrogens is 650 g/mol. The molecule has 1 N–H and O–H groups in total. The van der Waals surface area contributed by atoms with Gasteiger partial charge >= 0.3 is 24.1 Å². The van der Waals surface area contributed by atoms with Gasteiger partial charge in [0.05, 0.1) is 25.1 Å². The maximum Gasteiger partial charge on any atom is 0.413 e. The van der Waals surface area contributed by atoms with Crippen molar-refractivity contribution in [2.45, 2.75) is 105 Å². The smallest absolute Gasteiger partial charge is 0.413 e. The average molecular weight is 704 g/mol. The van der Waals surface area contributed by atoms with Gasteiger partial charge in [-0.15, -0.1) is 0 Å². The summed E-state index contributed by atoms with van der Waals surface area (Å²) >= 11 is 0. The molecule has 1 heterocycles. The van der Waals surface area contributed by atoms with Gasteiger partial charge < -0.3 is 29.2 Å². The van der Waals surface area contributed by atoms with Gasteiger partial charge in [-0.2, -0.15) is 0 Å². The number of hydrogen-bond donors (Lipinski definition) is 1. The number of amides is 2. The van der Waals surface area contributed by atoms with E-state index in [4.69, 9.17) is 18.9 Å². The summed E-state index contributed by atoms with van der Waals surface area (Å²) in [7, 11) is 0. The van der Waals surface area contributed by atoms with Crippen LogP contribution in [0.15, 0.2) is 66.7 Å². The van der Waals surface area contributed by atoms with Crippen LogP contribution >= 0.6 is 0 Å². The van der Waals surface area contributed by atoms with E-state index in [9.17, 15) is 19.2 Å². The first-order valence-electron chi connectivity index (χ1n) is 17.8. The van der Waals surface area contributed by atoms with Crippen LogP contribution < -0.4 is 10.2 Å². The third kappa shape index (κ3) is 11.1. The summed E-state index contributed by atoms with van der Waals surface area (Å²) < 4.78 is 21.9. The maximum atomic E-state index is 14.2. The molecule has 0 aromatic heterocycles. The van der Waals surface area contributed by atoms with Crippen LogP contribution in [0.25, 0.3) is 10.8 Å². The number of anilines is 1. The summed E-state index contributed by atoms with van der Waals surface area (Å²) in [4.78, 5) is 55.9. The first kappa shape index (κ1) is 39.0. The molecule has 11 heteroatoms. The van der Waals surface area contributed by atoms with E-state index in [1.807, 2.05) is 87.5 Å². The summed E-state index contributed by atoms with van der Waals surface area (Å²) in [5.41, 5.74) is 2.07. The van der Waals surface area contributed by atoms with Gasteiger partial charge in [-0.25, -0.2) is 14.4 Å². The first-order valence-corrected chi connectivity index (χ1v) is 17.8. The highest BCUT2D eigenvalue weighted by Gasteiger charge is 2.37. The summed E-state index contributed by atoms with van der Waals surface area (Å²) in [5.74, 6) is -0.925. The number of hydrogen-bond acceptors (Lipinski definition) is 9. The van der Waals surface area contributed by atoms with Crippen molar-refractivity contribution < 1.29 is 38.1 Å². The van der Waals surface area contributed by atoms with Gasteiger partial charge in [0.2, 0.25) is 6.29 Å². The van der Waals surface area contributed by atoms with Gasteiger partial charge in [-0.1, -0.05) is 68.4 Å². The fourth-order valence-electron chi connectivity index (χ4n) is 6.40. The lowest BCUT2D eigenvalue weighted by Crippen LogP contribution is -2.47. The van der Waals surface area contributed by atoms with Crippen molar-refractivity contribution >= 4 is 40.6 Å². The minimum atomic E-state index is -1.23. The van der Waals surface area contributed by atoms with Crippen LogP contribution in [0.4, 0.5) is 15.3 Å². The summed E-state index contributed by atoms with van der Waals surface area (Å²) in [6.07, 6.45) is -1.38. The number of rotatable bonds is 13. The molecule has 1 aliphatic rings. The van der Waals surface area contributed by atoms with Crippen molar-refractivity contribution in [2.75, 3.05) is 24.6 Å². The van der Waals surface area contributed by atoms with Crippen LogP contribution in [0.2, 0.25) is 0 Å². The second-order valence-corrected chi connectivity index (χ2v) is 14.4. The third-order valence-corrected chi connectivity index (χ3v) is 8.65. The Kier molecular flexibility index (Phi) is 13.3. The third-order valence-electron chi connectivity index (χ3n) is 8.65. The predicted octanol–water partition coefficient (Wildman–Crippen LogP) is 7.55. The Morgan fingerprint density at radius 3 is 2.27 bits per heavy atom. The first-order chi connectivity index (χ1) is 24.1. The minimum Gasteiger partial charge on any atom is -0.466 e. The van der Waals surface area contributed by atoms with Gasteiger partial charge in [0, 0.05) is 25.7 Å². The van der Waals surface area contributed by atoms with Crippen LogP contribution in [0.1, 0.15) is 85.4 Å². The Morgan fingerprint density at radius 1 is 0.922 bits per heavy atom. The number of alkyl carbamates (subject to hydrolysis) is 1. The fraction of sp³-hybridized carbons (Fsp3) is 0.500. The van der Waals surface area contributed by atoms with Crippen molar-refractivity contribution in [3.63, 3.8) is 0 Å². The van der Waals surface area contributed by atoms with E-state index in [2.05, 4.69) is 10.2 Å². The maximum absolute atomic E-state index is 14.2. The van der Waals surface area contributed by atoms with E-state index in [0.717, 1.165) is 27.6 Å². The molecule has 0 radical (unpaired) electrons. The molecule has 1 aliphatic heterocycles. The molecule has 1 fully saturated rings. The monoisotopic (exact) mass is 703 g/mol. The second-order valence-electron chi connectivity index (χ2n) is 14.4. The molecule has 3 aromatic carbocycles. The SMILES string of the molecule is CCOC(=O)Cc1ccc(N2CC[C@H](N(C(=O)OC(C)OC(=O)[C@H](CC(C)C)NC(=O)OC(C)(C)C)[C@H](C)c3cccc4ccccc34)C2)cc1. The molecule has 4 atom stereocenters. The Morgan fingerprint density at radius 2 is 1.61 bits per heavy atom. The molecule has 0 saturated carbocycles. The van der Waals surface area contributed by atoms with Gasteiger partial charge in [-0.05, 0) is 87.4 Å². The lowest BCUT2D eigenvalue weighted by molar-refractivity contribution is -0.169. The molecule has 0 bridgehead atoms. The van der Waals surface area contributed by atoms with Crippen molar-refractivity contribution in [1.29, 1.82) is 0 Å². The Hall–Kier alpha value is -4.80. The molecule has 2 amide bonds. The van der Waals surface area contributed by atoms with Crippen LogP contribution in [-0.4, -0.2) is 72.7 Å². The van der Waals surface area contributed by atoms with Crippen molar-refractivity contribution in [3.05, 3.63) is 77.9 Å². The van der Waals surface area contributed by atoms with Gasteiger partial charge in [0.15, 0.2) is 0 Å². The zero-order valence-electron chi connectivity index (χ0n) is 31.1. The van der Waals surface area contributed by atoms with E-state index in [-0.39, 0.29) is 30.4 Å². The number of benzene rings is 3. The topological polar surface area (TPSA) is 124 Å². The van der Waals surface area contributed by atoms with Crippen LogP contribution in [-0.2, 0) is 35.0 Å². The molecule has 1 unspecified atom stereocenters. The summed E-state index contributed by atoms with van der Waals surface area (Å²) in [5, 5.41) is 4.70. The van der Waals surface area contributed by atoms with Gasteiger partial charge in [0.25, 0.3) is 0 Å². The van der Waals surface area contributed by atoms with Crippen LogP contribution in [0.5, 0.6) is 0 Å². The zero-order valence-corrected chi connectivity index (χ0v) is 31.1. The number of ether oxygens (including phenoxy) is 4. The highest BCUT2D eigenvalue weighted by molar-refractivity contribution is 5.86. The molecule has 3 aromatic rings. The number of carbonyl (C=O) groups excluding carboxylic acids is 4. The molecule has 0 aliphatic carbocycles. The van der Waals surface area contributed by atoms with Crippen LogP contribution in [0.3, 0.4) is 0 Å².